The van der Waals surface area contributed by atoms with Crippen LogP contribution >= 0.6 is 11.6 Å². The molecule has 1 unspecified atom stereocenters. The van der Waals surface area contributed by atoms with Gasteiger partial charge in [0.25, 0.3) is 0 Å². The van der Waals surface area contributed by atoms with Gasteiger partial charge in [0.15, 0.2) is 0 Å². The smallest absolute Gasteiger partial charge is 0.128 e. The molecule has 0 bridgehead atoms. The zero-order valence-corrected chi connectivity index (χ0v) is 14.2. The number of halogens is 1. The summed E-state index contributed by atoms with van der Waals surface area (Å²) < 4.78 is 5.58. The van der Waals surface area contributed by atoms with E-state index in [9.17, 15) is 0 Å². The summed E-state index contributed by atoms with van der Waals surface area (Å²) in [6.45, 7) is 0.940. The van der Waals surface area contributed by atoms with E-state index in [1.165, 1.54) is 11.1 Å². The highest BCUT2D eigenvalue weighted by Gasteiger charge is 2.21. The molecule has 0 aliphatic rings. The van der Waals surface area contributed by atoms with Crippen molar-refractivity contribution in [2.75, 3.05) is 20.7 Å². The molecule has 0 amide bonds. The molecule has 1 atom stereocenters. The van der Waals surface area contributed by atoms with Crippen LogP contribution in [0.3, 0.4) is 0 Å². The SMILES string of the molecule is CNCCC(c1ccccc1)c1c[nH]c2c(Cl)ccc(OC)c12. The van der Waals surface area contributed by atoms with E-state index in [0.717, 1.165) is 29.6 Å². The van der Waals surface area contributed by atoms with Crippen molar-refractivity contribution < 1.29 is 4.74 Å². The highest BCUT2D eigenvalue weighted by Crippen LogP contribution is 2.40. The molecule has 0 radical (unpaired) electrons. The number of hydrogen-bond donors (Lipinski definition) is 2. The molecular formula is C19H21ClN2O. The Morgan fingerprint density at radius 1 is 1.17 bits per heavy atom. The Balaban J connectivity index is 2.16. The Kier molecular flexibility index (Phi) is 4.89. The summed E-state index contributed by atoms with van der Waals surface area (Å²) in [5.74, 6) is 1.14. The Hall–Kier alpha value is -1.97. The molecule has 0 saturated carbocycles. The molecule has 120 valence electrons. The van der Waals surface area contributed by atoms with E-state index < -0.39 is 0 Å². The van der Waals surface area contributed by atoms with Gasteiger partial charge in [-0.2, -0.15) is 0 Å². The Morgan fingerprint density at radius 2 is 1.96 bits per heavy atom. The second-order valence-corrected chi connectivity index (χ2v) is 6.01. The fraction of sp³-hybridized carbons (Fsp3) is 0.263. The van der Waals surface area contributed by atoms with Crippen molar-refractivity contribution in [3.05, 3.63) is 64.8 Å². The lowest BCUT2D eigenvalue weighted by Gasteiger charge is -2.18. The van der Waals surface area contributed by atoms with Gasteiger partial charge in [0.05, 0.1) is 17.6 Å². The summed E-state index contributed by atoms with van der Waals surface area (Å²) in [7, 11) is 3.68. The summed E-state index contributed by atoms with van der Waals surface area (Å²) >= 11 is 6.36. The third-order valence-electron chi connectivity index (χ3n) is 4.26. The first-order valence-electron chi connectivity index (χ1n) is 7.79. The summed E-state index contributed by atoms with van der Waals surface area (Å²) in [4.78, 5) is 3.33. The fourth-order valence-electron chi connectivity index (χ4n) is 3.13. The van der Waals surface area contributed by atoms with Crippen LogP contribution < -0.4 is 10.1 Å². The number of rotatable bonds is 6. The van der Waals surface area contributed by atoms with E-state index in [1.807, 2.05) is 25.2 Å². The maximum Gasteiger partial charge on any atom is 0.128 e. The second-order valence-electron chi connectivity index (χ2n) is 5.60. The Labute approximate surface area is 141 Å². The van der Waals surface area contributed by atoms with E-state index in [1.54, 1.807) is 7.11 Å². The molecule has 2 aromatic carbocycles. The van der Waals surface area contributed by atoms with Crippen molar-refractivity contribution in [3.63, 3.8) is 0 Å². The standard InChI is InChI=1S/C19H21ClN2O/c1-21-11-10-14(13-6-4-3-5-7-13)15-12-22-19-16(20)8-9-17(23-2)18(15)19/h3-9,12,14,21-22H,10-11H2,1-2H3. The number of fused-ring (bicyclic) bond motifs is 1. The van der Waals surface area contributed by atoms with Gasteiger partial charge in [0.1, 0.15) is 5.75 Å². The van der Waals surface area contributed by atoms with Crippen molar-refractivity contribution in [1.29, 1.82) is 0 Å². The topological polar surface area (TPSA) is 37.0 Å². The summed E-state index contributed by atoms with van der Waals surface area (Å²) in [5.41, 5.74) is 3.46. The van der Waals surface area contributed by atoms with Crippen LogP contribution in [0.1, 0.15) is 23.5 Å². The normalized spacial score (nSPS) is 12.5. The zero-order chi connectivity index (χ0) is 16.2. The maximum absolute atomic E-state index is 6.36. The molecule has 3 rings (SSSR count). The Bertz CT molecular complexity index is 783. The molecule has 0 fully saturated rings. The van der Waals surface area contributed by atoms with Gasteiger partial charge in [-0.05, 0) is 43.3 Å². The summed E-state index contributed by atoms with van der Waals surface area (Å²) in [6.07, 6.45) is 3.07. The van der Waals surface area contributed by atoms with Gasteiger partial charge in [0.2, 0.25) is 0 Å². The predicted molar refractivity (Wildman–Crippen MR) is 96.7 cm³/mol. The van der Waals surface area contributed by atoms with E-state index in [-0.39, 0.29) is 5.92 Å². The highest BCUT2D eigenvalue weighted by atomic mass is 35.5. The van der Waals surface area contributed by atoms with Crippen LogP contribution in [-0.2, 0) is 0 Å². The lowest BCUT2D eigenvalue weighted by Crippen LogP contribution is -2.13. The lowest BCUT2D eigenvalue weighted by molar-refractivity contribution is 0.419. The first-order valence-corrected chi connectivity index (χ1v) is 8.17. The predicted octanol–water partition coefficient (Wildman–Crippen LogP) is 4.57. The fourth-order valence-corrected chi connectivity index (χ4v) is 3.34. The minimum Gasteiger partial charge on any atom is -0.496 e. The molecular weight excluding hydrogens is 308 g/mol. The number of aromatic amines is 1. The van der Waals surface area contributed by atoms with E-state index in [0.29, 0.717) is 5.02 Å². The molecule has 23 heavy (non-hydrogen) atoms. The quantitative estimate of drug-likeness (QED) is 0.695. The molecule has 0 spiro atoms. The molecule has 4 heteroatoms. The van der Waals surface area contributed by atoms with Crippen LogP contribution in [0.5, 0.6) is 5.75 Å². The number of H-pyrrole nitrogens is 1. The molecule has 0 aliphatic carbocycles. The third-order valence-corrected chi connectivity index (χ3v) is 4.57. The van der Waals surface area contributed by atoms with Gasteiger partial charge >= 0.3 is 0 Å². The number of ether oxygens (including phenoxy) is 1. The average molecular weight is 329 g/mol. The largest absolute Gasteiger partial charge is 0.496 e. The minimum absolute atomic E-state index is 0.282. The molecule has 0 aliphatic heterocycles. The van der Waals surface area contributed by atoms with Crippen LogP contribution in [0.4, 0.5) is 0 Å². The van der Waals surface area contributed by atoms with Crippen LogP contribution in [-0.4, -0.2) is 25.7 Å². The molecule has 3 aromatic rings. The number of methoxy groups -OCH3 is 1. The van der Waals surface area contributed by atoms with Crippen LogP contribution in [0.2, 0.25) is 5.02 Å². The molecule has 0 saturated heterocycles. The van der Waals surface area contributed by atoms with Gasteiger partial charge in [-0.15, -0.1) is 0 Å². The van der Waals surface area contributed by atoms with Gasteiger partial charge in [0, 0.05) is 17.5 Å². The first kappa shape index (κ1) is 15.9. The van der Waals surface area contributed by atoms with E-state index >= 15 is 0 Å². The maximum atomic E-state index is 6.36. The number of hydrogen-bond acceptors (Lipinski definition) is 2. The van der Waals surface area contributed by atoms with Gasteiger partial charge in [-0.25, -0.2) is 0 Å². The van der Waals surface area contributed by atoms with Crippen LogP contribution in [0.15, 0.2) is 48.7 Å². The summed E-state index contributed by atoms with van der Waals surface area (Å²) in [5, 5.41) is 5.04. The minimum atomic E-state index is 0.282. The van der Waals surface area contributed by atoms with Crippen LogP contribution in [0, 0.1) is 0 Å². The third kappa shape index (κ3) is 3.07. The number of aromatic nitrogens is 1. The van der Waals surface area contributed by atoms with Crippen molar-refractivity contribution in [2.45, 2.75) is 12.3 Å². The van der Waals surface area contributed by atoms with Crippen LogP contribution in [0.25, 0.3) is 10.9 Å². The average Bonchev–Trinajstić information content (AvgIpc) is 3.03. The Morgan fingerprint density at radius 3 is 2.65 bits per heavy atom. The molecule has 3 nitrogen and oxygen atoms in total. The van der Waals surface area contributed by atoms with Crippen molar-refractivity contribution in [3.8, 4) is 5.75 Å². The lowest BCUT2D eigenvalue weighted by atomic mass is 9.88. The molecule has 1 aromatic heterocycles. The highest BCUT2D eigenvalue weighted by molar-refractivity contribution is 6.35. The van der Waals surface area contributed by atoms with Gasteiger partial charge in [-0.3, -0.25) is 0 Å². The second kappa shape index (κ2) is 7.07. The van der Waals surface area contributed by atoms with E-state index in [2.05, 4.69) is 40.8 Å². The van der Waals surface area contributed by atoms with Crippen molar-refractivity contribution in [1.82, 2.24) is 10.3 Å². The van der Waals surface area contributed by atoms with Crippen molar-refractivity contribution in [2.24, 2.45) is 0 Å². The van der Waals surface area contributed by atoms with Crippen molar-refractivity contribution >= 4 is 22.5 Å². The van der Waals surface area contributed by atoms with Gasteiger partial charge in [-0.1, -0.05) is 41.9 Å². The zero-order valence-electron chi connectivity index (χ0n) is 13.4. The number of nitrogens with one attached hydrogen (secondary N) is 2. The number of benzene rings is 2. The molecule has 2 N–H and O–H groups in total. The van der Waals surface area contributed by atoms with Gasteiger partial charge < -0.3 is 15.0 Å². The first-order chi connectivity index (χ1) is 11.3. The monoisotopic (exact) mass is 328 g/mol. The van der Waals surface area contributed by atoms with E-state index in [4.69, 9.17) is 16.3 Å². The molecule has 1 heterocycles. The summed E-state index contributed by atoms with van der Waals surface area (Å²) in [6, 6.07) is 14.4.